The second-order valence-corrected chi connectivity index (χ2v) is 4.77. The smallest absolute Gasteiger partial charge is 0.166 e. The maximum Gasteiger partial charge on any atom is 0.416 e. The lowest BCUT2D eigenvalue weighted by Crippen LogP contribution is -2.04. The largest absolute Gasteiger partial charge is 0.416 e. The summed E-state index contributed by atoms with van der Waals surface area (Å²) in [6, 6.07) is 15.7. The number of benzene rings is 2. The molecule has 2 rings (SSSR count). The average molecular weight is 267 g/mol. The Hall–Kier alpha value is -1.42. The van der Waals surface area contributed by atoms with Gasteiger partial charge in [-0.2, -0.15) is 13.2 Å². The second-order valence-electron chi connectivity index (χ2n) is 3.72. The molecule has 0 saturated heterocycles. The Morgan fingerprint density at radius 1 is 1.06 bits per heavy atom. The van der Waals surface area contributed by atoms with Gasteiger partial charge in [0.15, 0.2) is 0 Å². The summed E-state index contributed by atoms with van der Waals surface area (Å²) in [5.41, 5.74) is 0.463. The molecule has 0 aliphatic carbocycles. The van der Waals surface area contributed by atoms with Crippen molar-refractivity contribution in [2.24, 2.45) is 0 Å². The van der Waals surface area contributed by atoms with E-state index in [9.17, 15) is 13.2 Å². The van der Waals surface area contributed by atoms with Crippen LogP contribution in [0.2, 0.25) is 0 Å². The van der Waals surface area contributed by atoms with Gasteiger partial charge in [-0.3, -0.25) is 0 Å². The van der Waals surface area contributed by atoms with Crippen molar-refractivity contribution >= 4 is 11.8 Å². The summed E-state index contributed by atoms with van der Waals surface area (Å²) in [4.78, 5) is 0.623. The molecule has 18 heavy (non-hydrogen) atoms. The lowest BCUT2D eigenvalue weighted by molar-refractivity contribution is -0.137. The van der Waals surface area contributed by atoms with Gasteiger partial charge in [0.1, 0.15) is 0 Å². The summed E-state index contributed by atoms with van der Waals surface area (Å²) >= 11 is 1.39. The minimum absolute atomic E-state index is 0.603. The van der Waals surface area contributed by atoms with Crippen molar-refractivity contribution in [3.8, 4) is 0 Å². The Morgan fingerprint density at radius 2 is 1.78 bits per heavy atom. The number of halogens is 3. The summed E-state index contributed by atoms with van der Waals surface area (Å²) in [5.74, 6) is 0.649. The van der Waals surface area contributed by atoms with Gasteiger partial charge in [-0.05, 0) is 29.8 Å². The molecule has 0 heterocycles. The molecule has 0 amide bonds. The maximum atomic E-state index is 12.5. The van der Waals surface area contributed by atoms with Gasteiger partial charge in [0.25, 0.3) is 0 Å². The Morgan fingerprint density at radius 3 is 2.44 bits per heavy atom. The van der Waals surface area contributed by atoms with Crippen LogP contribution < -0.4 is 0 Å². The summed E-state index contributed by atoms with van der Waals surface area (Å²) in [5, 5.41) is 0. The highest BCUT2D eigenvalue weighted by molar-refractivity contribution is 7.98. The molecule has 93 valence electrons. The number of rotatable bonds is 3. The van der Waals surface area contributed by atoms with Crippen molar-refractivity contribution in [3.63, 3.8) is 0 Å². The molecule has 2 aromatic carbocycles. The maximum absolute atomic E-state index is 12.5. The van der Waals surface area contributed by atoms with Crippen molar-refractivity contribution in [1.82, 2.24) is 0 Å². The van der Waals surface area contributed by atoms with E-state index in [4.69, 9.17) is 0 Å². The SMILES string of the molecule is FC(F)(F)c1cccc(SCc2cc[c]cc2)c1. The molecule has 0 unspecified atom stereocenters. The van der Waals surface area contributed by atoms with E-state index in [1.54, 1.807) is 18.2 Å². The topological polar surface area (TPSA) is 0 Å². The van der Waals surface area contributed by atoms with Crippen molar-refractivity contribution in [3.05, 3.63) is 65.7 Å². The lowest BCUT2D eigenvalue weighted by Gasteiger charge is -2.08. The zero-order valence-electron chi connectivity index (χ0n) is 9.37. The second kappa shape index (κ2) is 5.48. The molecule has 1 radical (unpaired) electrons. The van der Waals surface area contributed by atoms with Crippen LogP contribution in [0.4, 0.5) is 13.2 Å². The standard InChI is InChI=1S/C14H10F3S/c15-14(16,17)12-7-4-8-13(9-12)18-10-11-5-2-1-3-6-11/h2-9H,10H2. The highest BCUT2D eigenvalue weighted by Gasteiger charge is 2.30. The molecule has 2 aromatic rings. The highest BCUT2D eigenvalue weighted by atomic mass is 32.2. The van der Waals surface area contributed by atoms with E-state index in [2.05, 4.69) is 6.07 Å². The van der Waals surface area contributed by atoms with Gasteiger partial charge in [-0.15, -0.1) is 11.8 Å². The fourth-order valence-corrected chi connectivity index (χ4v) is 2.36. The zero-order chi connectivity index (χ0) is 13.0. The summed E-state index contributed by atoms with van der Waals surface area (Å²) < 4.78 is 37.6. The minimum Gasteiger partial charge on any atom is -0.166 e. The van der Waals surface area contributed by atoms with Gasteiger partial charge in [0.05, 0.1) is 5.56 Å². The summed E-state index contributed by atoms with van der Waals surface area (Å²) in [6.45, 7) is 0. The third kappa shape index (κ3) is 3.53. The van der Waals surface area contributed by atoms with E-state index in [0.717, 1.165) is 11.6 Å². The molecule has 0 aliphatic rings. The molecule has 0 bridgehead atoms. The molecule has 0 nitrogen and oxygen atoms in total. The van der Waals surface area contributed by atoms with E-state index < -0.39 is 11.7 Å². The third-order valence-corrected chi connectivity index (χ3v) is 3.42. The minimum atomic E-state index is -4.28. The quantitative estimate of drug-likeness (QED) is 0.720. The molecule has 0 fully saturated rings. The van der Waals surface area contributed by atoms with Crippen LogP contribution in [0.15, 0.2) is 53.4 Å². The molecule has 4 heteroatoms. The molecule has 0 spiro atoms. The van der Waals surface area contributed by atoms with E-state index in [-0.39, 0.29) is 0 Å². The van der Waals surface area contributed by atoms with Crippen molar-refractivity contribution in [2.75, 3.05) is 0 Å². The normalized spacial score (nSPS) is 11.5. The Labute approximate surface area is 108 Å². The van der Waals surface area contributed by atoms with Crippen molar-refractivity contribution < 1.29 is 13.2 Å². The van der Waals surface area contributed by atoms with E-state index in [1.165, 1.54) is 23.9 Å². The number of hydrogen-bond donors (Lipinski definition) is 0. The van der Waals surface area contributed by atoms with Crippen LogP contribution in [0.25, 0.3) is 0 Å². The first kappa shape index (κ1) is 13.0. The Kier molecular flexibility index (Phi) is 3.97. The highest BCUT2D eigenvalue weighted by Crippen LogP contribution is 2.32. The van der Waals surface area contributed by atoms with Crippen molar-refractivity contribution in [2.45, 2.75) is 16.8 Å². The van der Waals surface area contributed by atoms with Gasteiger partial charge in [-0.25, -0.2) is 0 Å². The van der Waals surface area contributed by atoms with Gasteiger partial charge in [0.2, 0.25) is 0 Å². The fraction of sp³-hybridized carbons (Fsp3) is 0.143. The Bertz CT molecular complexity index is 506. The first-order chi connectivity index (χ1) is 8.55. The van der Waals surface area contributed by atoms with Crippen LogP contribution in [-0.4, -0.2) is 0 Å². The van der Waals surface area contributed by atoms with Gasteiger partial charge < -0.3 is 0 Å². The van der Waals surface area contributed by atoms with Crippen LogP contribution in [0.5, 0.6) is 0 Å². The van der Waals surface area contributed by atoms with Crippen LogP contribution in [-0.2, 0) is 11.9 Å². The van der Waals surface area contributed by atoms with Crippen molar-refractivity contribution in [1.29, 1.82) is 0 Å². The van der Waals surface area contributed by atoms with Gasteiger partial charge in [0, 0.05) is 10.6 Å². The predicted octanol–water partition coefficient (Wildman–Crippen LogP) is 4.80. The molecule has 0 N–H and O–H groups in total. The first-order valence-corrected chi connectivity index (χ1v) is 6.29. The van der Waals surface area contributed by atoms with Gasteiger partial charge >= 0.3 is 6.18 Å². The fourth-order valence-electron chi connectivity index (χ4n) is 1.45. The van der Waals surface area contributed by atoms with E-state index in [0.29, 0.717) is 10.6 Å². The third-order valence-electron chi connectivity index (χ3n) is 2.35. The van der Waals surface area contributed by atoms with Gasteiger partial charge in [-0.1, -0.05) is 30.3 Å². The molecule has 0 atom stereocenters. The molecular weight excluding hydrogens is 257 g/mol. The summed E-state index contributed by atoms with van der Waals surface area (Å²) in [6.07, 6.45) is -4.28. The lowest BCUT2D eigenvalue weighted by atomic mass is 10.2. The van der Waals surface area contributed by atoms with E-state index in [1.807, 2.05) is 12.1 Å². The first-order valence-electron chi connectivity index (χ1n) is 5.31. The predicted molar refractivity (Wildman–Crippen MR) is 66.3 cm³/mol. The summed E-state index contributed by atoms with van der Waals surface area (Å²) in [7, 11) is 0. The average Bonchev–Trinajstić information content (AvgIpc) is 2.37. The van der Waals surface area contributed by atoms with Crippen LogP contribution in [0.3, 0.4) is 0 Å². The molecular formula is C14H10F3S. The molecule has 0 aromatic heterocycles. The van der Waals surface area contributed by atoms with Crippen LogP contribution in [0.1, 0.15) is 11.1 Å². The zero-order valence-corrected chi connectivity index (χ0v) is 10.2. The molecule has 0 aliphatic heterocycles. The number of thioether (sulfide) groups is 1. The number of alkyl halides is 3. The number of hydrogen-bond acceptors (Lipinski definition) is 1. The molecule has 0 saturated carbocycles. The van der Waals surface area contributed by atoms with Crippen LogP contribution in [0, 0.1) is 6.07 Å². The monoisotopic (exact) mass is 267 g/mol. The van der Waals surface area contributed by atoms with Crippen LogP contribution >= 0.6 is 11.8 Å². The van der Waals surface area contributed by atoms with E-state index >= 15 is 0 Å². The Balaban J connectivity index is 2.06.